The summed E-state index contributed by atoms with van der Waals surface area (Å²) in [5.74, 6) is 6.22. The number of halogens is 4. The van der Waals surface area contributed by atoms with E-state index in [1.165, 1.54) is 49.3 Å². The van der Waals surface area contributed by atoms with E-state index in [9.17, 15) is 17.6 Å². The number of ether oxygens (including phenoxy) is 1. The summed E-state index contributed by atoms with van der Waals surface area (Å²) < 4.78 is 54.3. The molecule has 1 saturated carbocycles. The minimum atomic E-state index is -4.92. The molecule has 0 spiro atoms. The molecule has 3 atom stereocenters. The molecule has 158 valence electrons. The first-order valence-corrected chi connectivity index (χ1v) is 10.5. The van der Waals surface area contributed by atoms with Gasteiger partial charge in [-0.15, -0.1) is 13.2 Å². The minimum Gasteiger partial charge on any atom is -0.403 e. The fourth-order valence-corrected chi connectivity index (χ4v) is 4.99. The summed E-state index contributed by atoms with van der Waals surface area (Å²) >= 11 is 0. The Morgan fingerprint density at radius 1 is 1.00 bits per heavy atom. The van der Waals surface area contributed by atoms with Crippen molar-refractivity contribution in [3.8, 4) is 17.6 Å². The van der Waals surface area contributed by atoms with Crippen molar-refractivity contribution in [1.29, 1.82) is 0 Å². The second kappa shape index (κ2) is 8.34. The molecule has 0 radical (unpaired) electrons. The quantitative estimate of drug-likeness (QED) is 0.379. The van der Waals surface area contributed by atoms with Gasteiger partial charge in [0.2, 0.25) is 0 Å². The molecule has 4 rings (SSSR count). The highest BCUT2D eigenvalue weighted by atomic mass is 19.4. The van der Waals surface area contributed by atoms with Gasteiger partial charge in [-0.1, -0.05) is 31.3 Å². The molecular weight excluding hydrogens is 392 g/mol. The number of benzene rings is 2. The average Bonchev–Trinajstić information content (AvgIpc) is 2.72. The maximum atomic E-state index is 13.8. The number of hydrogen-bond acceptors (Lipinski definition) is 1. The standard InChI is InChI=1S/C25H24F4O/c1-2-16-5-10-21-19(13-16)8-9-20-14-17(6-11-22(20)21)3-4-18-7-12-24(23(26)15-18)30-25(27,28)29/h6-7,11-12,14-16,19,21H,2,5,8-10,13H2,1H3. The van der Waals surface area contributed by atoms with Gasteiger partial charge in [0.25, 0.3) is 0 Å². The molecule has 0 N–H and O–H groups in total. The van der Waals surface area contributed by atoms with Gasteiger partial charge in [0.05, 0.1) is 0 Å². The van der Waals surface area contributed by atoms with E-state index < -0.39 is 17.9 Å². The molecule has 30 heavy (non-hydrogen) atoms. The van der Waals surface area contributed by atoms with E-state index in [-0.39, 0.29) is 0 Å². The SMILES string of the molecule is CCC1CCC2c3ccc(C#Cc4ccc(OC(F)(F)F)c(F)c4)cc3CCC2C1. The van der Waals surface area contributed by atoms with E-state index in [2.05, 4.69) is 35.6 Å². The van der Waals surface area contributed by atoms with Crippen molar-refractivity contribution in [2.45, 2.75) is 57.7 Å². The van der Waals surface area contributed by atoms with Crippen LogP contribution in [0.2, 0.25) is 0 Å². The molecule has 0 aromatic heterocycles. The highest BCUT2D eigenvalue weighted by Crippen LogP contribution is 2.47. The summed E-state index contributed by atoms with van der Waals surface area (Å²) in [5, 5.41) is 0. The summed E-state index contributed by atoms with van der Waals surface area (Å²) in [7, 11) is 0. The third kappa shape index (κ3) is 4.64. The van der Waals surface area contributed by atoms with Crippen LogP contribution in [0.5, 0.6) is 5.75 Å². The number of alkyl halides is 3. The largest absolute Gasteiger partial charge is 0.573 e. The molecule has 0 aliphatic heterocycles. The predicted octanol–water partition coefficient (Wildman–Crippen LogP) is 6.98. The van der Waals surface area contributed by atoms with Gasteiger partial charge in [-0.2, -0.15) is 0 Å². The average molecular weight is 416 g/mol. The summed E-state index contributed by atoms with van der Waals surface area (Å²) in [6.45, 7) is 2.29. The lowest BCUT2D eigenvalue weighted by Crippen LogP contribution is -2.27. The van der Waals surface area contributed by atoms with E-state index in [0.29, 0.717) is 11.5 Å². The van der Waals surface area contributed by atoms with E-state index in [1.54, 1.807) is 0 Å². The molecule has 1 nitrogen and oxygen atoms in total. The molecule has 3 unspecified atom stereocenters. The minimum absolute atomic E-state index is 0.303. The van der Waals surface area contributed by atoms with Crippen LogP contribution >= 0.6 is 0 Å². The maximum Gasteiger partial charge on any atom is 0.573 e. The molecule has 0 heterocycles. The number of rotatable bonds is 2. The first-order chi connectivity index (χ1) is 14.3. The molecule has 0 saturated heterocycles. The summed E-state index contributed by atoms with van der Waals surface area (Å²) in [6.07, 6.45) is 2.52. The summed E-state index contributed by atoms with van der Waals surface area (Å²) in [5.41, 5.74) is 3.94. The molecule has 1 fully saturated rings. The molecule has 0 amide bonds. The second-order valence-corrected chi connectivity index (χ2v) is 8.35. The molecule has 2 aliphatic rings. The van der Waals surface area contributed by atoms with Gasteiger partial charge < -0.3 is 4.74 Å². The zero-order valence-corrected chi connectivity index (χ0v) is 16.9. The zero-order valence-electron chi connectivity index (χ0n) is 16.9. The van der Waals surface area contributed by atoms with Gasteiger partial charge in [0.15, 0.2) is 11.6 Å². The van der Waals surface area contributed by atoms with Gasteiger partial charge in [0, 0.05) is 11.1 Å². The monoisotopic (exact) mass is 416 g/mol. The van der Waals surface area contributed by atoms with Crippen LogP contribution in [0.1, 0.15) is 67.2 Å². The Balaban J connectivity index is 1.50. The predicted molar refractivity (Wildman–Crippen MR) is 108 cm³/mol. The fourth-order valence-electron chi connectivity index (χ4n) is 4.99. The fraction of sp³-hybridized carbons (Fsp3) is 0.440. The smallest absolute Gasteiger partial charge is 0.403 e. The van der Waals surface area contributed by atoms with Crippen LogP contribution in [0.15, 0.2) is 36.4 Å². The van der Waals surface area contributed by atoms with Crippen LogP contribution in [0.4, 0.5) is 17.6 Å². The van der Waals surface area contributed by atoms with Gasteiger partial charge in [-0.05, 0) is 91.3 Å². The van der Waals surface area contributed by atoms with E-state index >= 15 is 0 Å². The first-order valence-electron chi connectivity index (χ1n) is 10.5. The third-order valence-corrected chi connectivity index (χ3v) is 6.50. The summed E-state index contributed by atoms with van der Waals surface area (Å²) in [6, 6.07) is 9.53. The lowest BCUT2D eigenvalue weighted by molar-refractivity contribution is -0.275. The van der Waals surface area contributed by atoms with Gasteiger partial charge in [-0.25, -0.2) is 4.39 Å². The normalized spacial score (nSPS) is 23.0. The van der Waals surface area contributed by atoms with Crippen molar-refractivity contribution >= 4 is 0 Å². The lowest BCUT2D eigenvalue weighted by atomic mass is 9.65. The highest BCUT2D eigenvalue weighted by Gasteiger charge is 2.34. The Kier molecular flexibility index (Phi) is 5.77. The van der Waals surface area contributed by atoms with Crippen molar-refractivity contribution in [3.63, 3.8) is 0 Å². The van der Waals surface area contributed by atoms with Crippen LogP contribution in [0.25, 0.3) is 0 Å². The van der Waals surface area contributed by atoms with E-state index in [0.717, 1.165) is 36.0 Å². The first kappa shape index (κ1) is 20.8. The van der Waals surface area contributed by atoms with Gasteiger partial charge in [-0.3, -0.25) is 0 Å². The molecule has 5 heteroatoms. The number of hydrogen-bond donors (Lipinski definition) is 0. The third-order valence-electron chi connectivity index (χ3n) is 6.50. The Morgan fingerprint density at radius 3 is 2.43 bits per heavy atom. The molecule has 0 bridgehead atoms. The molecule has 2 aromatic carbocycles. The molecular formula is C25H24F4O. The van der Waals surface area contributed by atoms with Crippen molar-refractivity contribution in [2.75, 3.05) is 0 Å². The van der Waals surface area contributed by atoms with Crippen molar-refractivity contribution in [1.82, 2.24) is 0 Å². The van der Waals surface area contributed by atoms with Crippen LogP contribution < -0.4 is 4.74 Å². The zero-order chi connectivity index (χ0) is 21.3. The van der Waals surface area contributed by atoms with Crippen molar-refractivity contribution in [3.05, 3.63) is 64.5 Å². The highest BCUT2D eigenvalue weighted by molar-refractivity contribution is 5.48. The van der Waals surface area contributed by atoms with Gasteiger partial charge in [0.1, 0.15) is 0 Å². The lowest BCUT2D eigenvalue weighted by Gasteiger charge is -2.40. The maximum absolute atomic E-state index is 13.8. The molecule has 2 aromatic rings. The topological polar surface area (TPSA) is 9.23 Å². The Hall–Kier alpha value is -2.48. The summed E-state index contributed by atoms with van der Waals surface area (Å²) in [4.78, 5) is 0. The van der Waals surface area contributed by atoms with E-state index in [1.807, 2.05) is 6.07 Å². The molecule has 2 aliphatic carbocycles. The Morgan fingerprint density at radius 2 is 1.73 bits per heavy atom. The number of aryl methyl sites for hydroxylation is 1. The second-order valence-electron chi connectivity index (χ2n) is 8.35. The van der Waals surface area contributed by atoms with Crippen LogP contribution in [0, 0.1) is 29.5 Å². The van der Waals surface area contributed by atoms with Crippen molar-refractivity contribution < 1.29 is 22.3 Å². The Labute approximate surface area is 174 Å². The Bertz CT molecular complexity index is 983. The van der Waals surface area contributed by atoms with Crippen molar-refractivity contribution in [2.24, 2.45) is 11.8 Å². The van der Waals surface area contributed by atoms with Crippen LogP contribution in [0.3, 0.4) is 0 Å². The number of fused-ring (bicyclic) bond motifs is 3. The van der Waals surface area contributed by atoms with E-state index in [4.69, 9.17) is 0 Å². The van der Waals surface area contributed by atoms with Crippen LogP contribution in [-0.4, -0.2) is 6.36 Å². The van der Waals surface area contributed by atoms with Crippen LogP contribution in [-0.2, 0) is 6.42 Å². The van der Waals surface area contributed by atoms with Gasteiger partial charge >= 0.3 is 6.36 Å².